The summed E-state index contributed by atoms with van der Waals surface area (Å²) in [6, 6.07) is 0. The fraction of sp³-hybridized carbons (Fsp3) is 0.571. The number of rotatable bonds is 0. The van der Waals surface area contributed by atoms with Crippen LogP contribution in [0, 0.1) is 0 Å². The molecule has 0 bridgehead atoms. The molecule has 1 unspecified atom stereocenters. The van der Waals surface area contributed by atoms with Crippen molar-refractivity contribution in [1.82, 2.24) is 0 Å². The van der Waals surface area contributed by atoms with Crippen molar-refractivity contribution in [3.63, 3.8) is 0 Å². The minimum Gasteiger partial charge on any atom is -0.484 e. The van der Waals surface area contributed by atoms with Crippen molar-refractivity contribution in [3.8, 4) is 0 Å². The van der Waals surface area contributed by atoms with E-state index in [1.165, 1.54) is 12.3 Å². The minimum absolute atomic E-state index is 0.0463. The van der Waals surface area contributed by atoms with Gasteiger partial charge in [-0.2, -0.15) is 0 Å². The standard InChI is InChI=1S/C7H8O3/c8-6-1-3-10-7(6)2-4-9-5-7/h1,3H,2,4-5H2. The summed E-state index contributed by atoms with van der Waals surface area (Å²) in [5, 5.41) is 0. The number of ether oxygens (including phenoxy) is 2. The molecule has 0 amide bonds. The Hall–Kier alpha value is -0.830. The van der Waals surface area contributed by atoms with Gasteiger partial charge in [-0.25, -0.2) is 0 Å². The highest BCUT2D eigenvalue weighted by atomic mass is 16.6. The molecule has 1 spiro atoms. The van der Waals surface area contributed by atoms with Crippen molar-refractivity contribution in [2.24, 2.45) is 0 Å². The Bertz CT molecular complexity index is 189. The number of hydrogen-bond acceptors (Lipinski definition) is 3. The van der Waals surface area contributed by atoms with Gasteiger partial charge in [-0.3, -0.25) is 4.79 Å². The van der Waals surface area contributed by atoms with E-state index >= 15 is 0 Å². The van der Waals surface area contributed by atoms with Crippen molar-refractivity contribution < 1.29 is 14.3 Å². The summed E-state index contributed by atoms with van der Waals surface area (Å²) in [5.74, 6) is 0.0463. The fourth-order valence-corrected chi connectivity index (χ4v) is 1.27. The van der Waals surface area contributed by atoms with Gasteiger partial charge in [-0.1, -0.05) is 0 Å². The fourth-order valence-electron chi connectivity index (χ4n) is 1.27. The predicted molar refractivity (Wildman–Crippen MR) is 33.4 cm³/mol. The molecule has 1 atom stereocenters. The molecule has 2 rings (SSSR count). The molecule has 0 N–H and O–H groups in total. The topological polar surface area (TPSA) is 35.5 Å². The molecule has 10 heavy (non-hydrogen) atoms. The lowest BCUT2D eigenvalue weighted by atomic mass is 9.99. The molecule has 1 saturated heterocycles. The molecule has 3 heteroatoms. The second-order valence-corrected chi connectivity index (χ2v) is 2.58. The molecule has 0 saturated carbocycles. The van der Waals surface area contributed by atoms with Gasteiger partial charge in [0.15, 0.2) is 5.60 Å². The lowest BCUT2D eigenvalue weighted by molar-refractivity contribution is -0.129. The molecular formula is C7H8O3. The third-order valence-electron chi connectivity index (χ3n) is 1.95. The van der Waals surface area contributed by atoms with E-state index in [-0.39, 0.29) is 5.78 Å². The van der Waals surface area contributed by atoms with E-state index in [1.807, 2.05) is 0 Å². The monoisotopic (exact) mass is 140 g/mol. The van der Waals surface area contributed by atoms with Gasteiger partial charge in [0.25, 0.3) is 0 Å². The van der Waals surface area contributed by atoms with E-state index in [2.05, 4.69) is 0 Å². The van der Waals surface area contributed by atoms with Gasteiger partial charge in [-0.15, -0.1) is 0 Å². The Morgan fingerprint density at radius 2 is 2.50 bits per heavy atom. The molecule has 0 aliphatic carbocycles. The van der Waals surface area contributed by atoms with Crippen molar-refractivity contribution in [3.05, 3.63) is 12.3 Å². The molecule has 0 radical (unpaired) electrons. The summed E-state index contributed by atoms with van der Waals surface area (Å²) >= 11 is 0. The van der Waals surface area contributed by atoms with E-state index in [1.54, 1.807) is 0 Å². The average molecular weight is 140 g/mol. The van der Waals surface area contributed by atoms with Gasteiger partial charge in [0, 0.05) is 12.5 Å². The maximum absolute atomic E-state index is 11.1. The van der Waals surface area contributed by atoms with Gasteiger partial charge < -0.3 is 9.47 Å². The molecule has 0 aromatic heterocycles. The Kier molecular flexibility index (Phi) is 1.08. The third-order valence-corrected chi connectivity index (χ3v) is 1.95. The summed E-state index contributed by atoms with van der Waals surface area (Å²) in [6.45, 7) is 1.05. The molecule has 1 fully saturated rings. The van der Waals surface area contributed by atoms with Crippen LogP contribution in [0.15, 0.2) is 12.3 Å². The zero-order chi connectivity index (χ0) is 7.03. The second kappa shape index (κ2) is 1.83. The van der Waals surface area contributed by atoms with E-state index in [0.717, 1.165) is 0 Å². The number of ketones is 1. The summed E-state index contributed by atoms with van der Waals surface area (Å²) in [7, 11) is 0. The third kappa shape index (κ3) is 0.609. The quantitative estimate of drug-likeness (QED) is 0.484. The van der Waals surface area contributed by atoms with Crippen molar-refractivity contribution in [2.45, 2.75) is 12.0 Å². The van der Waals surface area contributed by atoms with E-state index in [4.69, 9.17) is 9.47 Å². The van der Waals surface area contributed by atoms with Crippen LogP contribution in [0.5, 0.6) is 0 Å². The van der Waals surface area contributed by atoms with Crippen LogP contribution in [0.2, 0.25) is 0 Å². The predicted octanol–water partition coefficient (Wildman–Crippen LogP) is 0.258. The van der Waals surface area contributed by atoms with Gasteiger partial charge in [0.2, 0.25) is 5.78 Å². The van der Waals surface area contributed by atoms with Gasteiger partial charge in [0.1, 0.15) is 0 Å². The first-order valence-electron chi connectivity index (χ1n) is 3.30. The van der Waals surface area contributed by atoms with Crippen LogP contribution in [-0.4, -0.2) is 24.6 Å². The van der Waals surface area contributed by atoms with Crippen LogP contribution in [0.3, 0.4) is 0 Å². The Labute approximate surface area is 58.6 Å². The summed E-state index contributed by atoms with van der Waals surface area (Å²) in [6.07, 6.45) is 3.62. The van der Waals surface area contributed by atoms with Crippen molar-refractivity contribution in [2.75, 3.05) is 13.2 Å². The molecule has 0 aromatic rings. The molecule has 2 aliphatic rings. The molecule has 3 nitrogen and oxygen atoms in total. The highest BCUT2D eigenvalue weighted by Crippen LogP contribution is 2.28. The van der Waals surface area contributed by atoms with E-state index in [9.17, 15) is 4.79 Å². The zero-order valence-corrected chi connectivity index (χ0v) is 5.50. The van der Waals surface area contributed by atoms with Crippen molar-refractivity contribution in [1.29, 1.82) is 0 Å². The molecule has 0 aromatic carbocycles. The molecule has 2 heterocycles. The molecule has 54 valence electrons. The van der Waals surface area contributed by atoms with Gasteiger partial charge >= 0.3 is 0 Å². The van der Waals surface area contributed by atoms with Crippen molar-refractivity contribution >= 4 is 5.78 Å². The molecular weight excluding hydrogens is 132 g/mol. The first-order chi connectivity index (χ1) is 4.83. The maximum Gasteiger partial charge on any atom is 0.204 e. The smallest absolute Gasteiger partial charge is 0.204 e. The number of hydrogen-bond donors (Lipinski definition) is 0. The first kappa shape index (κ1) is 5.92. The minimum atomic E-state index is -0.625. The SMILES string of the molecule is O=C1C=COC12CCOC2. The summed E-state index contributed by atoms with van der Waals surface area (Å²) in [5.41, 5.74) is -0.625. The van der Waals surface area contributed by atoms with E-state index in [0.29, 0.717) is 19.6 Å². The maximum atomic E-state index is 11.1. The largest absolute Gasteiger partial charge is 0.484 e. The Morgan fingerprint density at radius 1 is 1.60 bits per heavy atom. The van der Waals surface area contributed by atoms with Gasteiger partial charge in [-0.05, 0) is 0 Å². The molecule has 2 aliphatic heterocycles. The van der Waals surface area contributed by atoms with Crippen LogP contribution in [-0.2, 0) is 14.3 Å². The van der Waals surface area contributed by atoms with Gasteiger partial charge in [0.05, 0.1) is 19.5 Å². The highest BCUT2D eigenvalue weighted by molar-refractivity contribution is 5.98. The average Bonchev–Trinajstić information content (AvgIpc) is 2.48. The van der Waals surface area contributed by atoms with Crippen LogP contribution in [0.4, 0.5) is 0 Å². The lowest BCUT2D eigenvalue weighted by Crippen LogP contribution is -2.36. The lowest BCUT2D eigenvalue weighted by Gasteiger charge is -2.17. The van der Waals surface area contributed by atoms with Crippen LogP contribution >= 0.6 is 0 Å². The first-order valence-corrected chi connectivity index (χ1v) is 3.30. The summed E-state index contributed by atoms with van der Waals surface area (Å²) < 4.78 is 10.2. The Balaban J connectivity index is 2.23. The van der Waals surface area contributed by atoms with Crippen LogP contribution in [0.1, 0.15) is 6.42 Å². The summed E-state index contributed by atoms with van der Waals surface area (Å²) in [4.78, 5) is 11.1. The second-order valence-electron chi connectivity index (χ2n) is 2.58. The Morgan fingerprint density at radius 3 is 3.00 bits per heavy atom. The highest BCUT2D eigenvalue weighted by Gasteiger charge is 2.45. The zero-order valence-electron chi connectivity index (χ0n) is 5.50. The number of carbonyl (C=O) groups excluding carboxylic acids is 1. The van der Waals surface area contributed by atoms with Crippen LogP contribution in [0.25, 0.3) is 0 Å². The van der Waals surface area contributed by atoms with Crippen LogP contribution < -0.4 is 0 Å². The number of carbonyl (C=O) groups is 1. The normalized spacial score (nSPS) is 37.4. The van der Waals surface area contributed by atoms with E-state index < -0.39 is 5.60 Å².